The fourth-order valence-corrected chi connectivity index (χ4v) is 3.02. The van der Waals surface area contributed by atoms with Crippen molar-refractivity contribution in [3.63, 3.8) is 0 Å². The number of aliphatic imine (C=N–C) groups is 1. The molecule has 0 radical (unpaired) electrons. The molecule has 2 N–H and O–H groups in total. The number of nitrogens with one attached hydrogen (secondary N) is 1. The van der Waals surface area contributed by atoms with Crippen LogP contribution in [0, 0.1) is 5.92 Å². The van der Waals surface area contributed by atoms with Crippen molar-refractivity contribution in [1.82, 2.24) is 10.2 Å². The maximum atomic E-state index is 9.21. The van der Waals surface area contributed by atoms with Crippen molar-refractivity contribution in [2.75, 3.05) is 47.0 Å². The highest BCUT2D eigenvalue weighted by Crippen LogP contribution is 2.32. The van der Waals surface area contributed by atoms with Crippen LogP contribution in [0.2, 0.25) is 0 Å². The van der Waals surface area contributed by atoms with E-state index in [9.17, 15) is 5.11 Å². The summed E-state index contributed by atoms with van der Waals surface area (Å²) in [4.78, 5) is 6.98. The molecule has 1 saturated heterocycles. The van der Waals surface area contributed by atoms with Crippen LogP contribution in [-0.4, -0.2) is 63.0 Å². The molecule has 1 fully saturated rings. The van der Waals surface area contributed by atoms with E-state index in [0.29, 0.717) is 12.5 Å². The zero-order chi connectivity index (χ0) is 18.2. The monoisotopic (exact) mass is 477 g/mol. The summed E-state index contributed by atoms with van der Waals surface area (Å²) in [5.41, 5.74) is 1.23. The minimum absolute atomic E-state index is 0. The Morgan fingerprint density at radius 1 is 1.31 bits per heavy atom. The average Bonchev–Trinajstić information content (AvgIpc) is 3.14. The third-order valence-electron chi connectivity index (χ3n) is 4.53. The normalized spacial score (nSPS) is 18.3. The van der Waals surface area contributed by atoms with Crippen LogP contribution in [0.3, 0.4) is 0 Å². The van der Waals surface area contributed by atoms with Crippen LogP contribution in [0.25, 0.3) is 0 Å². The molecule has 2 rings (SSSR count). The first kappa shape index (κ1) is 22.8. The van der Waals surface area contributed by atoms with Gasteiger partial charge in [0.1, 0.15) is 11.5 Å². The van der Waals surface area contributed by atoms with Gasteiger partial charge in [-0.05, 0) is 37.0 Å². The molecule has 1 aliphatic heterocycles. The number of likely N-dealkylation sites (tertiary alicyclic amines) is 1. The van der Waals surface area contributed by atoms with E-state index in [1.165, 1.54) is 5.56 Å². The molecule has 2 atom stereocenters. The third-order valence-corrected chi connectivity index (χ3v) is 4.53. The highest BCUT2D eigenvalue weighted by atomic mass is 127. The topological polar surface area (TPSA) is 66.3 Å². The van der Waals surface area contributed by atoms with Gasteiger partial charge in [0.25, 0.3) is 0 Å². The molecule has 1 aromatic rings. The molecule has 1 aliphatic rings. The van der Waals surface area contributed by atoms with Gasteiger partial charge >= 0.3 is 0 Å². The summed E-state index contributed by atoms with van der Waals surface area (Å²) in [6, 6.07) is 6.08. The molecule has 7 heteroatoms. The molecule has 0 spiro atoms. The van der Waals surface area contributed by atoms with E-state index in [0.717, 1.165) is 43.5 Å². The first-order valence-electron chi connectivity index (χ1n) is 8.98. The number of ether oxygens (including phenoxy) is 2. The van der Waals surface area contributed by atoms with Gasteiger partial charge in [-0.25, -0.2) is 0 Å². The van der Waals surface area contributed by atoms with Crippen molar-refractivity contribution >= 4 is 29.9 Å². The Morgan fingerprint density at radius 2 is 1.96 bits per heavy atom. The molecule has 2 unspecified atom stereocenters. The van der Waals surface area contributed by atoms with E-state index in [4.69, 9.17) is 9.47 Å². The Kier molecular flexibility index (Phi) is 10.1. The largest absolute Gasteiger partial charge is 0.497 e. The predicted molar refractivity (Wildman–Crippen MR) is 116 cm³/mol. The van der Waals surface area contributed by atoms with Crippen LogP contribution >= 0.6 is 24.0 Å². The second-order valence-electron chi connectivity index (χ2n) is 6.56. The standard InChI is InChI=1S/C19H31N3O3.HI/c1-5-20-19(21-11-14(2)13-23)22-7-6-15(12-22)16-8-17(24-3)10-18(9-16)25-4;/h8-10,14-15,23H,5-7,11-13H2,1-4H3,(H,20,21);1H. The SMILES string of the molecule is CCNC(=NCC(C)CO)N1CCC(c2cc(OC)cc(OC)c2)C1.I. The molecule has 0 aromatic heterocycles. The zero-order valence-corrected chi connectivity index (χ0v) is 18.5. The van der Waals surface area contributed by atoms with Crippen LogP contribution in [0.4, 0.5) is 0 Å². The highest BCUT2D eigenvalue weighted by molar-refractivity contribution is 14.0. The number of aliphatic hydroxyl groups excluding tert-OH is 1. The molecule has 0 amide bonds. The lowest BCUT2D eigenvalue weighted by Crippen LogP contribution is -2.40. The predicted octanol–water partition coefficient (Wildman–Crippen LogP) is 2.71. The number of hydrogen-bond acceptors (Lipinski definition) is 4. The van der Waals surface area contributed by atoms with Crippen molar-refractivity contribution in [3.8, 4) is 11.5 Å². The summed E-state index contributed by atoms with van der Waals surface area (Å²) in [5, 5.41) is 12.6. The minimum atomic E-state index is 0. The van der Waals surface area contributed by atoms with Gasteiger partial charge < -0.3 is 24.8 Å². The Balaban J connectivity index is 0.00000338. The highest BCUT2D eigenvalue weighted by Gasteiger charge is 2.27. The van der Waals surface area contributed by atoms with Gasteiger partial charge in [-0.2, -0.15) is 0 Å². The first-order valence-corrected chi connectivity index (χ1v) is 8.98. The van der Waals surface area contributed by atoms with E-state index in [1.807, 2.05) is 13.0 Å². The van der Waals surface area contributed by atoms with E-state index in [2.05, 4.69) is 34.3 Å². The van der Waals surface area contributed by atoms with Crippen molar-refractivity contribution in [2.24, 2.45) is 10.9 Å². The third kappa shape index (κ3) is 6.19. The van der Waals surface area contributed by atoms with Gasteiger partial charge in [0.2, 0.25) is 0 Å². The van der Waals surface area contributed by atoms with Crippen molar-refractivity contribution in [2.45, 2.75) is 26.2 Å². The zero-order valence-electron chi connectivity index (χ0n) is 16.2. The fourth-order valence-electron chi connectivity index (χ4n) is 3.02. The van der Waals surface area contributed by atoms with E-state index in [-0.39, 0.29) is 36.5 Å². The number of nitrogens with zero attached hydrogens (tertiary/aromatic N) is 2. The number of halogens is 1. The fraction of sp³-hybridized carbons (Fsp3) is 0.632. The summed E-state index contributed by atoms with van der Waals surface area (Å²) in [7, 11) is 3.36. The number of benzene rings is 1. The summed E-state index contributed by atoms with van der Waals surface area (Å²) >= 11 is 0. The molecular formula is C19H32IN3O3. The van der Waals surface area contributed by atoms with Crippen LogP contribution in [0.1, 0.15) is 31.7 Å². The molecule has 0 aliphatic carbocycles. The Labute approximate surface area is 174 Å². The number of methoxy groups -OCH3 is 2. The van der Waals surface area contributed by atoms with Gasteiger partial charge in [-0.1, -0.05) is 6.92 Å². The van der Waals surface area contributed by atoms with Gasteiger partial charge in [-0.3, -0.25) is 4.99 Å². The molecule has 148 valence electrons. The summed E-state index contributed by atoms with van der Waals surface area (Å²) in [6.07, 6.45) is 1.07. The lowest BCUT2D eigenvalue weighted by atomic mass is 9.98. The summed E-state index contributed by atoms with van der Waals surface area (Å²) in [5.74, 6) is 3.17. The number of rotatable bonds is 7. The van der Waals surface area contributed by atoms with Gasteiger partial charge in [0.15, 0.2) is 5.96 Å². The van der Waals surface area contributed by atoms with Crippen LogP contribution in [0.15, 0.2) is 23.2 Å². The van der Waals surface area contributed by atoms with Crippen molar-refractivity contribution < 1.29 is 14.6 Å². The molecular weight excluding hydrogens is 445 g/mol. The Bertz CT molecular complexity index is 561. The smallest absolute Gasteiger partial charge is 0.193 e. The van der Waals surface area contributed by atoms with E-state index in [1.54, 1.807) is 14.2 Å². The number of aliphatic hydroxyl groups is 1. The van der Waals surface area contributed by atoms with Gasteiger partial charge in [0, 0.05) is 44.8 Å². The maximum Gasteiger partial charge on any atom is 0.193 e. The van der Waals surface area contributed by atoms with Gasteiger partial charge in [0.05, 0.1) is 14.2 Å². The molecule has 1 heterocycles. The van der Waals surface area contributed by atoms with Crippen molar-refractivity contribution in [1.29, 1.82) is 0 Å². The number of guanidine groups is 1. The Morgan fingerprint density at radius 3 is 2.50 bits per heavy atom. The lowest BCUT2D eigenvalue weighted by Gasteiger charge is -2.22. The average molecular weight is 477 g/mol. The first-order chi connectivity index (χ1) is 12.1. The molecule has 0 saturated carbocycles. The van der Waals surface area contributed by atoms with Crippen LogP contribution < -0.4 is 14.8 Å². The lowest BCUT2D eigenvalue weighted by molar-refractivity contribution is 0.241. The Hall–Kier alpha value is -1.22. The van der Waals surface area contributed by atoms with Crippen molar-refractivity contribution in [3.05, 3.63) is 23.8 Å². The minimum Gasteiger partial charge on any atom is -0.497 e. The second-order valence-corrected chi connectivity index (χ2v) is 6.56. The molecule has 6 nitrogen and oxygen atoms in total. The second kappa shape index (κ2) is 11.5. The quantitative estimate of drug-likeness (QED) is 0.359. The summed E-state index contributed by atoms with van der Waals surface area (Å²) in [6.45, 7) is 7.58. The molecule has 0 bridgehead atoms. The maximum absolute atomic E-state index is 9.21. The van der Waals surface area contributed by atoms with Gasteiger partial charge in [-0.15, -0.1) is 24.0 Å². The van der Waals surface area contributed by atoms with Crippen LogP contribution in [-0.2, 0) is 0 Å². The summed E-state index contributed by atoms with van der Waals surface area (Å²) < 4.78 is 10.8. The molecule has 1 aromatic carbocycles. The van der Waals surface area contributed by atoms with Crippen LogP contribution in [0.5, 0.6) is 11.5 Å². The van der Waals surface area contributed by atoms with E-state index < -0.39 is 0 Å². The van der Waals surface area contributed by atoms with E-state index >= 15 is 0 Å². The number of hydrogen-bond donors (Lipinski definition) is 2. The molecule has 26 heavy (non-hydrogen) atoms.